The molecule has 1 saturated heterocycles. The monoisotopic (exact) mass is 226 g/mol. The smallest absolute Gasteiger partial charge is 0.222 e. The predicted molar refractivity (Wildman–Crippen MR) is 61.9 cm³/mol. The van der Waals surface area contributed by atoms with E-state index in [0.717, 1.165) is 19.4 Å². The number of amides is 1. The molecule has 4 heteroatoms. The summed E-state index contributed by atoms with van der Waals surface area (Å²) >= 11 is 0. The van der Waals surface area contributed by atoms with Crippen LogP contribution in [-0.4, -0.2) is 42.1 Å². The van der Waals surface area contributed by atoms with Crippen molar-refractivity contribution < 1.29 is 9.53 Å². The highest BCUT2D eigenvalue weighted by molar-refractivity contribution is 5.77. The molecule has 0 spiro atoms. The van der Waals surface area contributed by atoms with Gasteiger partial charge in [-0.25, -0.2) is 0 Å². The highest BCUT2D eigenvalue weighted by Gasteiger charge is 2.39. The van der Waals surface area contributed by atoms with Gasteiger partial charge in [0.15, 0.2) is 0 Å². The first-order valence-electron chi connectivity index (χ1n) is 6.18. The number of carbonyl (C=O) groups excluding carboxylic acids is 1. The number of hydrogen-bond acceptors (Lipinski definition) is 3. The fraction of sp³-hybridized carbons (Fsp3) is 0.917. The van der Waals surface area contributed by atoms with E-state index in [1.165, 1.54) is 0 Å². The van der Waals surface area contributed by atoms with Crippen LogP contribution in [-0.2, 0) is 9.53 Å². The van der Waals surface area contributed by atoms with E-state index < -0.39 is 0 Å². The van der Waals surface area contributed by atoms with Crippen molar-refractivity contribution in [2.24, 2.45) is 11.7 Å². The third-order valence-electron chi connectivity index (χ3n) is 3.51. The lowest BCUT2D eigenvalue weighted by molar-refractivity contribution is -0.141. The van der Waals surface area contributed by atoms with Crippen LogP contribution in [0.15, 0.2) is 0 Å². The van der Waals surface area contributed by atoms with E-state index in [4.69, 9.17) is 10.5 Å². The molecule has 1 aliphatic carbocycles. The lowest BCUT2D eigenvalue weighted by Gasteiger charge is -2.46. The molecule has 1 amide bonds. The predicted octanol–water partition coefficient (Wildman–Crippen LogP) is 0.751. The van der Waals surface area contributed by atoms with Gasteiger partial charge in [0.1, 0.15) is 0 Å². The molecule has 0 atom stereocenters. The van der Waals surface area contributed by atoms with Gasteiger partial charge in [-0.15, -0.1) is 0 Å². The number of ether oxygens (including phenoxy) is 1. The van der Waals surface area contributed by atoms with E-state index in [1.54, 1.807) is 0 Å². The Balaban J connectivity index is 1.63. The first kappa shape index (κ1) is 11.9. The maximum Gasteiger partial charge on any atom is 0.222 e. The molecule has 2 fully saturated rings. The van der Waals surface area contributed by atoms with Gasteiger partial charge in [-0.2, -0.15) is 0 Å². The van der Waals surface area contributed by atoms with E-state index in [2.05, 4.69) is 0 Å². The molecule has 0 aromatic rings. The molecule has 0 aromatic heterocycles. The standard InChI is InChI=1S/C12H22N2O2/c1-3-16-10-4-9(5-10)6-11(15)14-7-12(2,13)8-14/h9-10H,3-8,13H2,1-2H3. The van der Waals surface area contributed by atoms with Crippen LogP contribution < -0.4 is 5.73 Å². The van der Waals surface area contributed by atoms with Crippen LogP contribution in [0.4, 0.5) is 0 Å². The number of hydrogen-bond donors (Lipinski definition) is 1. The minimum atomic E-state index is -0.150. The van der Waals surface area contributed by atoms with Crippen molar-refractivity contribution in [1.82, 2.24) is 4.90 Å². The lowest BCUT2D eigenvalue weighted by Crippen LogP contribution is -2.67. The van der Waals surface area contributed by atoms with Crippen LogP contribution in [0.5, 0.6) is 0 Å². The quantitative estimate of drug-likeness (QED) is 0.769. The van der Waals surface area contributed by atoms with Gasteiger partial charge in [0.05, 0.1) is 6.10 Å². The van der Waals surface area contributed by atoms with Crippen LogP contribution in [0.3, 0.4) is 0 Å². The van der Waals surface area contributed by atoms with E-state index in [-0.39, 0.29) is 11.4 Å². The van der Waals surface area contributed by atoms with Crippen LogP contribution in [0, 0.1) is 5.92 Å². The Hall–Kier alpha value is -0.610. The van der Waals surface area contributed by atoms with Gasteiger partial charge in [0.25, 0.3) is 0 Å². The summed E-state index contributed by atoms with van der Waals surface area (Å²) in [5.74, 6) is 0.802. The zero-order chi connectivity index (χ0) is 11.8. The summed E-state index contributed by atoms with van der Waals surface area (Å²) in [6.45, 7) is 6.22. The summed E-state index contributed by atoms with van der Waals surface area (Å²) in [6.07, 6.45) is 3.18. The largest absolute Gasteiger partial charge is 0.378 e. The fourth-order valence-electron chi connectivity index (χ4n) is 2.59. The molecule has 92 valence electrons. The highest BCUT2D eigenvalue weighted by atomic mass is 16.5. The van der Waals surface area contributed by atoms with Gasteiger partial charge in [-0.1, -0.05) is 0 Å². The zero-order valence-corrected chi connectivity index (χ0v) is 10.2. The number of rotatable bonds is 4. The second-order valence-corrected chi connectivity index (χ2v) is 5.52. The molecule has 16 heavy (non-hydrogen) atoms. The van der Waals surface area contributed by atoms with E-state index >= 15 is 0 Å². The second-order valence-electron chi connectivity index (χ2n) is 5.52. The van der Waals surface area contributed by atoms with Gasteiger partial charge in [-0.05, 0) is 32.6 Å². The summed E-state index contributed by atoms with van der Waals surface area (Å²) in [6, 6.07) is 0. The van der Waals surface area contributed by atoms with Crippen LogP contribution in [0.25, 0.3) is 0 Å². The molecule has 2 N–H and O–H groups in total. The molecule has 1 aliphatic heterocycles. The number of likely N-dealkylation sites (tertiary alicyclic amines) is 1. The number of nitrogens with zero attached hydrogens (tertiary/aromatic N) is 1. The van der Waals surface area contributed by atoms with E-state index in [1.807, 2.05) is 18.7 Å². The van der Waals surface area contributed by atoms with Crippen LogP contribution >= 0.6 is 0 Å². The summed E-state index contributed by atoms with van der Waals surface area (Å²) < 4.78 is 5.48. The van der Waals surface area contributed by atoms with Gasteiger partial charge < -0.3 is 15.4 Å². The molecule has 0 unspecified atom stereocenters. The van der Waals surface area contributed by atoms with Crippen molar-refractivity contribution in [3.8, 4) is 0 Å². The summed E-state index contributed by atoms with van der Waals surface area (Å²) in [5, 5.41) is 0. The normalized spacial score (nSPS) is 31.8. The Bertz CT molecular complexity index is 264. The first-order chi connectivity index (χ1) is 7.50. The van der Waals surface area contributed by atoms with Crippen molar-refractivity contribution in [3.63, 3.8) is 0 Å². The average molecular weight is 226 g/mol. The Morgan fingerprint density at radius 3 is 2.62 bits per heavy atom. The Morgan fingerprint density at radius 2 is 2.12 bits per heavy atom. The molecule has 2 rings (SSSR count). The topological polar surface area (TPSA) is 55.6 Å². The summed E-state index contributed by atoms with van der Waals surface area (Å²) in [4.78, 5) is 13.7. The molecular weight excluding hydrogens is 204 g/mol. The van der Waals surface area contributed by atoms with Crippen LogP contribution in [0.1, 0.15) is 33.1 Å². The molecule has 2 aliphatic rings. The van der Waals surface area contributed by atoms with Crippen molar-refractivity contribution in [1.29, 1.82) is 0 Å². The van der Waals surface area contributed by atoms with Gasteiger partial charge in [0, 0.05) is 31.7 Å². The summed E-state index contributed by atoms with van der Waals surface area (Å²) in [5.41, 5.74) is 5.73. The van der Waals surface area contributed by atoms with Crippen molar-refractivity contribution in [2.45, 2.75) is 44.8 Å². The Labute approximate surface area is 97.1 Å². The van der Waals surface area contributed by atoms with E-state index in [0.29, 0.717) is 31.5 Å². The molecule has 4 nitrogen and oxygen atoms in total. The average Bonchev–Trinajstić information content (AvgIpc) is 2.10. The third kappa shape index (κ3) is 2.55. The van der Waals surface area contributed by atoms with Gasteiger partial charge in [-0.3, -0.25) is 4.79 Å². The SMILES string of the molecule is CCOC1CC(CC(=O)N2CC(C)(N)C2)C1. The molecule has 1 saturated carbocycles. The Kier molecular flexibility index (Phi) is 3.22. The van der Waals surface area contributed by atoms with E-state index in [9.17, 15) is 4.79 Å². The molecule has 1 heterocycles. The minimum Gasteiger partial charge on any atom is -0.378 e. The lowest BCUT2D eigenvalue weighted by atomic mass is 9.79. The number of carbonyl (C=O) groups is 1. The highest BCUT2D eigenvalue weighted by Crippen LogP contribution is 2.33. The van der Waals surface area contributed by atoms with Gasteiger partial charge >= 0.3 is 0 Å². The summed E-state index contributed by atoms with van der Waals surface area (Å²) in [7, 11) is 0. The maximum atomic E-state index is 11.8. The minimum absolute atomic E-state index is 0.150. The molecule has 0 bridgehead atoms. The van der Waals surface area contributed by atoms with Crippen molar-refractivity contribution in [2.75, 3.05) is 19.7 Å². The molecule has 0 radical (unpaired) electrons. The molecular formula is C12H22N2O2. The second kappa shape index (κ2) is 4.34. The maximum absolute atomic E-state index is 11.8. The number of nitrogens with two attached hydrogens (primary N) is 1. The zero-order valence-electron chi connectivity index (χ0n) is 10.2. The third-order valence-corrected chi connectivity index (χ3v) is 3.51. The molecule has 0 aromatic carbocycles. The van der Waals surface area contributed by atoms with Crippen molar-refractivity contribution in [3.05, 3.63) is 0 Å². The fourth-order valence-corrected chi connectivity index (χ4v) is 2.59. The van der Waals surface area contributed by atoms with Gasteiger partial charge in [0.2, 0.25) is 5.91 Å². The van der Waals surface area contributed by atoms with Crippen LogP contribution in [0.2, 0.25) is 0 Å². The Morgan fingerprint density at radius 1 is 1.50 bits per heavy atom. The first-order valence-corrected chi connectivity index (χ1v) is 6.18. The van der Waals surface area contributed by atoms with Crippen molar-refractivity contribution >= 4 is 5.91 Å².